The third-order valence-corrected chi connectivity index (χ3v) is 4.44. The topological polar surface area (TPSA) is 115 Å². The number of rotatable bonds is 10. The molecule has 31 heavy (non-hydrogen) atoms. The van der Waals surface area contributed by atoms with Gasteiger partial charge in [0, 0.05) is 6.20 Å². The van der Waals surface area contributed by atoms with Crippen molar-refractivity contribution >= 4 is 11.5 Å². The summed E-state index contributed by atoms with van der Waals surface area (Å²) in [6.07, 6.45) is 5.34. The van der Waals surface area contributed by atoms with Crippen LogP contribution in [0.3, 0.4) is 0 Å². The number of halogens is 2. The van der Waals surface area contributed by atoms with Gasteiger partial charge in [-0.25, -0.2) is 18.7 Å². The van der Waals surface area contributed by atoms with Gasteiger partial charge < -0.3 is 25.0 Å². The molecule has 0 aliphatic rings. The largest absolute Gasteiger partial charge is 0.494 e. The number of aliphatic hydroxyl groups is 2. The number of aryl methyl sites for hydroxylation is 1. The van der Waals surface area contributed by atoms with Gasteiger partial charge in [0.25, 0.3) is 0 Å². The second kappa shape index (κ2) is 10.1. The zero-order chi connectivity index (χ0) is 22.4. The number of ether oxygens (including phenoxy) is 2. The Balaban J connectivity index is 1.64. The fourth-order valence-electron chi connectivity index (χ4n) is 2.81. The van der Waals surface area contributed by atoms with E-state index in [1.165, 1.54) is 36.4 Å². The molecule has 2 aromatic heterocycles. The molecule has 0 bridgehead atoms. The Morgan fingerprint density at radius 1 is 1.19 bits per heavy atom. The normalized spacial score (nSPS) is 11.9. The van der Waals surface area contributed by atoms with E-state index in [9.17, 15) is 13.9 Å². The standard InChI is InChI=1S/C20H23F2N5O4/c1-3-12-4-16(30-2)20(22)15(19(12)21)11-31-18-7-23-17(6-24-18)26-13-5-25-27(8-13)9-14(29)10-28/h4-8,14,28-29H,3,9-11H2,1-2H3,(H,23,26)/t14-/m1/s1. The zero-order valence-corrected chi connectivity index (χ0v) is 17.0. The molecule has 3 N–H and O–H groups in total. The Bertz CT molecular complexity index is 985. The molecule has 0 unspecified atom stereocenters. The SMILES string of the molecule is CCc1cc(OC)c(F)c(COc2cnc(Nc3cnn(C[C@@H](O)CO)c3)cn2)c1F. The molecule has 0 aliphatic heterocycles. The van der Waals surface area contributed by atoms with Crippen LogP contribution in [0.15, 0.2) is 30.9 Å². The van der Waals surface area contributed by atoms with Gasteiger partial charge in [-0.2, -0.15) is 5.10 Å². The molecule has 0 fully saturated rings. The van der Waals surface area contributed by atoms with Crippen LogP contribution in [0.1, 0.15) is 18.1 Å². The number of anilines is 2. The summed E-state index contributed by atoms with van der Waals surface area (Å²) in [7, 11) is 1.32. The summed E-state index contributed by atoms with van der Waals surface area (Å²) in [6.45, 7) is 1.17. The molecule has 9 nitrogen and oxygen atoms in total. The van der Waals surface area contributed by atoms with Crippen molar-refractivity contribution in [2.75, 3.05) is 19.0 Å². The lowest BCUT2D eigenvalue weighted by atomic mass is 10.1. The molecule has 0 aliphatic carbocycles. The van der Waals surface area contributed by atoms with Crippen molar-refractivity contribution in [1.29, 1.82) is 0 Å². The van der Waals surface area contributed by atoms with Crippen LogP contribution in [0.25, 0.3) is 0 Å². The maximum atomic E-state index is 14.5. The van der Waals surface area contributed by atoms with Gasteiger partial charge in [0.1, 0.15) is 18.2 Å². The summed E-state index contributed by atoms with van der Waals surface area (Å²) in [5.41, 5.74) is 0.688. The number of benzene rings is 1. The first-order valence-corrected chi connectivity index (χ1v) is 9.52. The molecule has 1 atom stereocenters. The lowest BCUT2D eigenvalue weighted by Crippen LogP contribution is -2.19. The van der Waals surface area contributed by atoms with Crippen molar-refractivity contribution in [3.05, 3.63) is 53.6 Å². The van der Waals surface area contributed by atoms with Crippen LogP contribution in [0.5, 0.6) is 11.6 Å². The summed E-state index contributed by atoms with van der Waals surface area (Å²) in [5, 5.41) is 25.3. The van der Waals surface area contributed by atoms with Crippen molar-refractivity contribution in [3.8, 4) is 11.6 Å². The van der Waals surface area contributed by atoms with Crippen LogP contribution in [0.4, 0.5) is 20.3 Å². The number of aromatic nitrogens is 4. The first-order chi connectivity index (χ1) is 14.9. The second-order valence-corrected chi connectivity index (χ2v) is 6.64. The molecule has 0 saturated carbocycles. The summed E-state index contributed by atoms with van der Waals surface area (Å²) < 4.78 is 40.8. The van der Waals surface area contributed by atoms with Gasteiger partial charge >= 0.3 is 0 Å². The molecule has 0 spiro atoms. The maximum Gasteiger partial charge on any atom is 0.232 e. The minimum Gasteiger partial charge on any atom is -0.494 e. The van der Waals surface area contributed by atoms with Gasteiger partial charge in [-0.3, -0.25) is 4.68 Å². The number of hydrogen-bond acceptors (Lipinski definition) is 8. The predicted molar refractivity (Wildman–Crippen MR) is 107 cm³/mol. The summed E-state index contributed by atoms with van der Waals surface area (Å²) in [5.74, 6) is -1.05. The van der Waals surface area contributed by atoms with E-state index in [0.29, 0.717) is 23.5 Å². The number of nitrogens with one attached hydrogen (secondary N) is 1. The van der Waals surface area contributed by atoms with Gasteiger partial charge in [0.2, 0.25) is 5.88 Å². The van der Waals surface area contributed by atoms with Crippen LogP contribution in [0.2, 0.25) is 0 Å². The van der Waals surface area contributed by atoms with Crippen molar-refractivity contribution in [1.82, 2.24) is 19.7 Å². The molecule has 1 aromatic carbocycles. The van der Waals surface area contributed by atoms with Crippen molar-refractivity contribution < 1.29 is 28.5 Å². The second-order valence-electron chi connectivity index (χ2n) is 6.64. The third kappa shape index (κ3) is 5.44. The highest BCUT2D eigenvalue weighted by Crippen LogP contribution is 2.28. The number of nitrogens with zero attached hydrogens (tertiary/aromatic N) is 4. The molecule has 166 valence electrons. The van der Waals surface area contributed by atoms with Crippen molar-refractivity contribution in [2.24, 2.45) is 0 Å². The molecular formula is C20H23F2N5O4. The zero-order valence-electron chi connectivity index (χ0n) is 17.0. The van der Waals surface area contributed by atoms with Crippen molar-refractivity contribution in [3.63, 3.8) is 0 Å². The molecule has 11 heteroatoms. The smallest absolute Gasteiger partial charge is 0.232 e. The minimum absolute atomic E-state index is 0.0467. The lowest BCUT2D eigenvalue weighted by molar-refractivity contribution is 0.0783. The fraction of sp³-hybridized carbons (Fsp3) is 0.350. The Labute approximate surface area is 177 Å². The van der Waals surface area contributed by atoms with E-state index >= 15 is 0 Å². The van der Waals surface area contributed by atoms with Gasteiger partial charge in [-0.1, -0.05) is 6.92 Å². The van der Waals surface area contributed by atoms with E-state index < -0.39 is 17.7 Å². The average molecular weight is 435 g/mol. The van der Waals surface area contributed by atoms with Crippen molar-refractivity contribution in [2.45, 2.75) is 32.6 Å². The van der Waals surface area contributed by atoms with E-state index in [2.05, 4.69) is 20.4 Å². The summed E-state index contributed by atoms with van der Waals surface area (Å²) >= 11 is 0. The van der Waals surface area contributed by atoms with Crippen LogP contribution < -0.4 is 14.8 Å². The van der Waals surface area contributed by atoms with Crippen LogP contribution in [0, 0.1) is 11.6 Å². The molecular weight excluding hydrogens is 412 g/mol. The Morgan fingerprint density at radius 3 is 2.65 bits per heavy atom. The van der Waals surface area contributed by atoms with Crippen LogP contribution >= 0.6 is 0 Å². The van der Waals surface area contributed by atoms with Gasteiger partial charge in [-0.05, 0) is 18.1 Å². The Hall–Kier alpha value is -3.31. The highest BCUT2D eigenvalue weighted by molar-refractivity contribution is 5.52. The molecule has 0 saturated heterocycles. The van der Waals surface area contributed by atoms with Crippen LogP contribution in [-0.2, 0) is 19.6 Å². The highest BCUT2D eigenvalue weighted by Gasteiger charge is 2.19. The number of methoxy groups -OCH3 is 1. The molecule has 2 heterocycles. The van der Waals surface area contributed by atoms with Gasteiger partial charge in [-0.15, -0.1) is 0 Å². The van der Waals surface area contributed by atoms with E-state index in [0.717, 1.165) is 0 Å². The maximum absolute atomic E-state index is 14.5. The van der Waals surface area contributed by atoms with Gasteiger partial charge in [0.05, 0.1) is 56.2 Å². The first kappa shape index (κ1) is 22.4. The molecule has 0 radical (unpaired) electrons. The van der Waals surface area contributed by atoms with Crippen LogP contribution in [-0.4, -0.2) is 49.8 Å². The molecule has 0 amide bonds. The minimum atomic E-state index is -0.906. The summed E-state index contributed by atoms with van der Waals surface area (Å²) in [4.78, 5) is 8.23. The average Bonchev–Trinajstić information content (AvgIpc) is 3.21. The third-order valence-electron chi connectivity index (χ3n) is 4.44. The summed E-state index contributed by atoms with van der Waals surface area (Å²) in [6, 6.07) is 1.33. The lowest BCUT2D eigenvalue weighted by Gasteiger charge is -2.13. The quantitative estimate of drug-likeness (QED) is 0.444. The number of hydrogen-bond donors (Lipinski definition) is 3. The van der Waals surface area contributed by atoms with E-state index in [4.69, 9.17) is 14.6 Å². The molecule has 3 rings (SSSR count). The predicted octanol–water partition coefficient (Wildman–Crippen LogP) is 2.20. The Kier molecular flexibility index (Phi) is 7.32. The monoisotopic (exact) mass is 435 g/mol. The van der Waals surface area contributed by atoms with E-state index in [-0.39, 0.29) is 37.0 Å². The highest BCUT2D eigenvalue weighted by atomic mass is 19.1. The Morgan fingerprint density at radius 2 is 2.00 bits per heavy atom. The fourth-order valence-corrected chi connectivity index (χ4v) is 2.81. The number of aliphatic hydroxyl groups excluding tert-OH is 2. The van der Waals surface area contributed by atoms with Gasteiger partial charge in [0.15, 0.2) is 11.6 Å². The van der Waals surface area contributed by atoms with E-state index in [1.807, 2.05) is 0 Å². The van der Waals surface area contributed by atoms with E-state index in [1.54, 1.807) is 13.1 Å². The molecule has 3 aromatic rings. The first-order valence-electron chi connectivity index (χ1n) is 9.52.